The van der Waals surface area contributed by atoms with Gasteiger partial charge in [-0.25, -0.2) is 0 Å². The van der Waals surface area contributed by atoms with Gasteiger partial charge in [0, 0.05) is 31.5 Å². The predicted molar refractivity (Wildman–Crippen MR) is 72.8 cm³/mol. The fourth-order valence-corrected chi connectivity index (χ4v) is 2.05. The molecule has 2 rings (SSSR count). The van der Waals surface area contributed by atoms with Crippen LogP contribution in [0.1, 0.15) is 30.1 Å². The number of Topliss-reactive ketones (excluding diaryl/α,β-unsaturated/α-hetero) is 2. The van der Waals surface area contributed by atoms with Gasteiger partial charge >= 0.3 is 0 Å². The number of ketones is 2. The van der Waals surface area contributed by atoms with E-state index in [9.17, 15) is 14.4 Å². The van der Waals surface area contributed by atoms with Crippen molar-refractivity contribution < 1.29 is 19.1 Å². The molecular weight excluding hydrogens is 258 g/mol. The zero-order chi connectivity index (χ0) is 14.5. The van der Waals surface area contributed by atoms with Crippen molar-refractivity contribution in [1.82, 2.24) is 4.90 Å². The van der Waals surface area contributed by atoms with Crippen molar-refractivity contribution in [3.63, 3.8) is 0 Å². The fraction of sp³-hybridized carbons (Fsp3) is 0.400. The Morgan fingerprint density at radius 2 is 1.95 bits per heavy atom. The Balaban J connectivity index is 1.88. The van der Waals surface area contributed by atoms with E-state index in [0.717, 1.165) is 0 Å². The second-order valence-corrected chi connectivity index (χ2v) is 4.79. The van der Waals surface area contributed by atoms with Gasteiger partial charge in [-0.2, -0.15) is 0 Å². The molecule has 20 heavy (non-hydrogen) atoms. The van der Waals surface area contributed by atoms with Crippen LogP contribution in [-0.2, 0) is 9.59 Å². The van der Waals surface area contributed by atoms with Crippen molar-refractivity contribution in [3.05, 3.63) is 29.8 Å². The third kappa shape index (κ3) is 3.66. The molecule has 1 saturated heterocycles. The Morgan fingerprint density at radius 3 is 2.60 bits per heavy atom. The molecule has 0 aromatic heterocycles. The Labute approximate surface area is 117 Å². The molecule has 0 radical (unpaired) electrons. The van der Waals surface area contributed by atoms with E-state index < -0.39 is 0 Å². The van der Waals surface area contributed by atoms with Crippen LogP contribution in [0.3, 0.4) is 0 Å². The van der Waals surface area contributed by atoms with Gasteiger partial charge in [0.1, 0.15) is 11.5 Å². The number of benzene rings is 1. The minimum absolute atomic E-state index is 0.0451. The van der Waals surface area contributed by atoms with Crippen molar-refractivity contribution in [1.29, 1.82) is 0 Å². The summed E-state index contributed by atoms with van der Waals surface area (Å²) >= 11 is 0. The van der Waals surface area contributed by atoms with Gasteiger partial charge in [0.05, 0.1) is 0 Å². The maximum Gasteiger partial charge on any atom is 0.260 e. The van der Waals surface area contributed by atoms with Gasteiger partial charge in [-0.1, -0.05) is 12.1 Å². The highest BCUT2D eigenvalue weighted by molar-refractivity contribution is 5.94. The molecule has 1 heterocycles. The van der Waals surface area contributed by atoms with Crippen molar-refractivity contribution in [3.8, 4) is 5.75 Å². The van der Waals surface area contributed by atoms with Gasteiger partial charge in [-0.15, -0.1) is 0 Å². The molecule has 5 nitrogen and oxygen atoms in total. The van der Waals surface area contributed by atoms with E-state index in [1.54, 1.807) is 29.2 Å². The molecule has 1 aromatic rings. The second kappa shape index (κ2) is 6.32. The van der Waals surface area contributed by atoms with Crippen molar-refractivity contribution in [2.75, 3.05) is 19.7 Å². The third-order valence-corrected chi connectivity index (χ3v) is 3.28. The number of nitrogens with zero attached hydrogens (tertiary/aromatic N) is 1. The van der Waals surface area contributed by atoms with E-state index in [4.69, 9.17) is 4.74 Å². The summed E-state index contributed by atoms with van der Waals surface area (Å²) in [4.78, 5) is 35.9. The Kier molecular flexibility index (Phi) is 4.50. The number of ether oxygens (including phenoxy) is 1. The fourth-order valence-electron chi connectivity index (χ4n) is 2.05. The van der Waals surface area contributed by atoms with Gasteiger partial charge < -0.3 is 9.64 Å². The number of likely N-dealkylation sites (tertiary alicyclic amines) is 1. The number of carbonyl (C=O) groups is 3. The molecule has 1 aromatic carbocycles. The topological polar surface area (TPSA) is 63.7 Å². The number of piperidine rings is 1. The number of hydrogen-bond acceptors (Lipinski definition) is 4. The number of amides is 1. The van der Waals surface area contributed by atoms with Crippen LogP contribution in [0.2, 0.25) is 0 Å². The lowest BCUT2D eigenvalue weighted by molar-refractivity contribution is -0.136. The molecule has 106 valence electrons. The number of rotatable bonds is 4. The van der Waals surface area contributed by atoms with E-state index in [1.165, 1.54) is 6.92 Å². The average molecular weight is 275 g/mol. The molecule has 0 saturated carbocycles. The first kappa shape index (κ1) is 14.2. The zero-order valence-electron chi connectivity index (χ0n) is 11.4. The highest BCUT2D eigenvalue weighted by atomic mass is 16.5. The SMILES string of the molecule is CC(=O)c1cccc(OCC(=O)N2CCC(=O)CC2)c1. The number of carbonyl (C=O) groups excluding carboxylic acids is 3. The van der Waals surface area contributed by atoms with Crippen LogP contribution in [-0.4, -0.2) is 42.1 Å². The molecule has 0 aliphatic carbocycles. The van der Waals surface area contributed by atoms with Crippen LogP contribution in [0.15, 0.2) is 24.3 Å². The lowest BCUT2D eigenvalue weighted by Crippen LogP contribution is -2.41. The van der Waals surface area contributed by atoms with E-state index in [0.29, 0.717) is 37.2 Å². The Morgan fingerprint density at radius 1 is 1.25 bits per heavy atom. The Hall–Kier alpha value is -2.17. The first-order valence-corrected chi connectivity index (χ1v) is 6.59. The maximum atomic E-state index is 11.9. The van der Waals surface area contributed by atoms with Crippen LogP contribution >= 0.6 is 0 Å². The van der Waals surface area contributed by atoms with E-state index >= 15 is 0 Å². The molecule has 1 amide bonds. The molecule has 0 bridgehead atoms. The predicted octanol–water partition coefficient (Wildman–Crippen LogP) is 1.46. The lowest BCUT2D eigenvalue weighted by atomic mass is 10.1. The zero-order valence-corrected chi connectivity index (χ0v) is 11.4. The van der Waals surface area contributed by atoms with Crippen LogP contribution in [0.5, 0.6) is 5.75 Å². The van der Waals surface area contributed by atoms with Crippen molar-refractivity contribution in [2.45, 2.75) is 19.8 Å². The molecule has 0 unspecified atom stereocenters. The maximum absolute atomic E-state index is 11.9. The third-order valence-electron chi connectivity index (χ3n) is 3.28. The highest BCUT2D eigenvalue weighted by Crippen LogP contribution is 2.14. The molecule has 1 fully saturated rings. The summed E-state index contributed by atoms with van der Waals surface area (Å²) in [6.07, 6.45) is 0.844. The van der Waals surface area contributed by atoms with Crippen molar-refractivity contribution in [2.24, 2.45) is 0 Å². The van der Waals surface area contributed by atoms with Gasteiger partial charge in [0.25, 0.3) is 5.91 Å². The molecule has 0 spiro atoms. The standard InChI is InChI=1S/C15H17NO4/c1-11(17)12-3-2-4-14(9-12)20-10-15(19)16-7-5-13(18)6-8-16/h2-4,9H,5-8,10H2,1H3. The first-order chi connectivity index (χ1) is 9.56. The number of hydrogen-bond donors (Lipinski definition) is 0. The Bertz CT molecular complexity index is 528. The molecule has 0 atom stereocenters. The summed E-state index contributed by atoms with van der Waals surface area (Å²) in [5.74, 6) is 0.519. The molecular formula is C15H17NO4. The first-order valence-electron chi connectivity index (χ1n) is 6.59. The van der Waals surface area contributed by atoms with Crippen molar-refractivity contribution >= 4 is 17.5 Å². The minimum atomic E-state index is -0.134. The lowest BCUT2D eigenvalue weighted by Gasteiger charge is -2.25. The summed E-state index contributed by atoms with van der Waals surface area (Å²) in [7, 11) is 0. The monoisotopic (exact) mass is 275 g/mol. The molecule has 1 aliphatic rings. The van der Waals surface area contributed by atoms with Crippen LogP contribution in [0.4, 0.5) is 0 Å². The molecule has 1 aliphatic heterocycles. The summed E-state index contributed by atoms with van der Waals surface area (Å²) in [5, 5.41) is 0. The average Bonchev–Trinajstić information content (AvgIpc) is 2.46. The molecule has 5 heteroatoms. The summed E-state index contributed by atoms with van der Waals surface area (Å²) in [6, 6.07) is 6.75. The van der Waals surface area contributed by atoms with Gasteiger partial charge in [-0.3, -0.25) is 14.4 Å². The van der Waals surface area contributed by atoms with E-state index in [-0.39, 0.29) is 24.1 Å². The summed E-state index contributed by atoms with van der Waals surface area (Å²) in [6.45, 7) is 2.34. The molecule has 0 N–H and O–H groups in total. The smallest absolute Gasteiger partial charge is 0.260 e. The quantitative estimate of drug-likeness (QED) is 0.780. The van der Waals surface area contributed by atoms with Gasteiger partial charge in [0.2, 0.25) is 0 Å². The highest BCUT2D eigenvalue weighted by Gasteiger charge is 2.20. The normalized spacial score (nSPS) is 15.1. The summed E-state index contributed by atoms with van der Waals surface area (Å²) < 4.78 is 5.41. The minimum Gasteiger partial charge on any atom is -0.484 e. The van der Waals surface area contributed by atoms with Crippen LogP contribution in [0, 0.1) is 0 Å². The van der Waals surface area contributed by atoms with Crippen LogP contribution in [0.25, 0.3) is 0 Å². The van der Waals surface area contributed by atoms with E-state index in [1.807, 2.05) is 0 Å². The van der Waals surface area contributed by atoms with Crippen LogP contribution < -0.4 is 4.74 Å². The largest absolute Gasteiger partial charge is 0.484 e. The van der Waals surface area contributed by atoms with Gasteiger partial charge in [0.15, 0.2) is 12.4 Å². The second-order valence-electron chi connectivity index (χ2n) is 4.79. The summed E-state index contributed by atoms with van der Waals surface area (Å²) in [5.41, 5.74) is 0.554. The van der Waals surface area contributed by atoms with Gasteiger partial charge in [-0.05, 0) is 19.1 Å². The van der Waals surface area contributed by atoms with E-state index in [2.05, 4.69) is 0 Å².